The first kappa shape index (κ1) is 21.2. The molecule has 2 aromatic carbocycles. The van der Waals surface area contributed by atoms with Crippen LogP contribution in [0.4, 0.5) is 10.5 Å². The Hall–Kier alpha value is -3.02. The predicted octanol–water partition coefficient (Wildman–Crippen LogP) is 5.45. The number of anilines is 1. The Morgan fingerprint density at radius 3 is 2.19 bits per heavy atom. The molecular weight excluding hydrogens is 388 g/mol. The maximum Gasteiger partial charge on any atom is 0.326 e. The number of fused-ring (bicyclic) bond motifs is 1. The van der Waals surface area contributed by atoms with E-state index in [0.717, 1.165) is 29.6 Å². The molecule has 1 aromatic heterocycles. The Balaban J connectivity index is 1.50. The van der Waals surface area contributed by atoms with Gasteiger partial charge in [-0.25, -0.2) is 9.59 Å². The van der Waals surface area contributed by atoms with E-state index >= 15 is 0 Å². The van der Waals surface area contributed by atoms with Gasteiger partial charge in [-0.1, -0.05) is 58.0 Å². The van der Waals surface area contributed by atoms with Crippen LogP contribution in [-0.2, 0) is 0 Å². The zero-order valence-corrected chi connectivity index (χ0v) is 18.8. The number of carbonyl (C=O) groups excluding carboxylic acids is 1. The molecule has 1 aliphatic heterocycles. The van der Waals surface area contributed by atoms with Crippen molar-refractivity contribution in [2.24, 2.45) is 0 Å². The highest BCUT2D eigenvalue weighted by Crippen LogP contribution is 2.33. The third kappa shape index (κ3) is 4.11. The second kappa shape index (κ2) is 8.61. The van der Waals surface area contributed by atoms with Gasteiger partial charge < -0.3 is 15.2 Å². The summed E-state index contributed by atoms with van der Waals surface area (Å²) in [4.78, 5) is 30.5. The topological polar surface area (TPSA) is 70.1 Å². The van der Waals surface area contributed by atoms with Crippen LogP contribution in [0.3, 0.4) is 0 Å². The normalized spacial score (nSPS) is 15.2. The predicted molar refractivity (Wildman–Crippen MR) is 126 cm³/mol. The van der Waals surface area contributed by atoms with Crippen molar-refractivity contribution in [2.45, 2.75) is 58.4 Å². The summed E-state index contributed by atoms with van der Waals surface area (Å²) in [6.45, 7) is 9.87. The van der Waals surface area contributed by atoms with Gasteiger partial charge in [0.25, 0.3) is 0 Å². The quantitative estimate of drug-likeness (QED) is 0.589. The van der Waals surface area contributed by atoms with Gasteiger partial charge in [0, 0.05) is 24.8 Å². The number of rotatable bonds is 4. The third-order valence-electron chi connectivity index (χ3n) is 6.35. The van der Waals surface area contributed by atoms with Crippen LogP contribution in [0.25, 0.3) is 11.0 Å². The molecule has 6 heteroatoms. The van der Waals surface area contributed by atoms with Crippen LogP contribution in [0, 0.1) is 0 Å². The van der Waals surface area contributed by atoms with Crippen LogP contribution < -0.4 is 11.0 Å². The van der Waals surface area contributed by atoms with E-state index in [1.807, 2.05) is 33.7 Å². The first-order valence-electron chi connectivity index (χ1n) is 11.2. The number of aromatic amines is 1. The highest BCUT2D eigenvalue weighted by Gasteiger charge is 2.27. The molecular formula is C25H32N4O2. The number of carbonyl (C=O) groups is 1. The van der Waals surface area contributed by atoms with Gasteiger partial charge >= 0.3 is 11.7 Å². The number of aromatic nitrogens is 2. The molecule has 3 aromatic rings. The molecule has 2 N–H and O–H groups in total. The molecule has 1 saturated heterocycles. The van der Waals surface area contributed by atoms with Crippen molar-refractivity contribution in [1.29, 1.82) is 0 Å². The summed E-state index contributed by atoms with van der Waals surface area (Å²) in [6, 6.07) is 14.1. The second-order valence-electron chi connectivity index (χ2n) is 9.09. The minimum Gasteiger partial charge on any atom is -0.324 e. The van der Waals surface area contributed by atoms with Crippen LogP contribution in [0.5, 0.6) is 0 Å². The maximum atomic E-state index is 13.1. The van der Waals surface area contributed by atoms with Crippen molar-refractivity contribution >= 4 is 22.8 Å². The van der Waals surface area contributed by atoms with Crippen molar-refractivity contribution in [3.63, 3.8) is 0 Å². The molecule has 1 fully saturated rings. The molecule has 0 radical (unpaired) electrons. The van der Waals surface area contributed by atoms with E-state index in [-0.39, 0.29) is 17.8 Å². The molecule has 2 heterocycles. The van der Waals surface area contributed by atoms with E-state index in [0.29, 0.717) is 24.9 Å². The van der Waals surface area contributed by atoms with Crippen molar-refractivity contribution in [2.75, 3.05) is 18.4 Å². The van der Waals surface area contributed by atoms with Crippen LogP contribution in [0.2, 0.25) is 0 Å². The lowest BCUT2D eigenvalue weighted by Crippen LogP contribution is -2.42. The molecule has 164 valence electrons. The van der Waals surface area contributed by atoms with Crippen LogP contribution in [0.1, 0.15) is 69.5 Å². The Bertz CT molecular complexity index is 1110. The van der Waals surface area contributed by atoms with E-state index in [1.165, 1.54) is 11.1 Å². The maximum absolute atomic E-state index is 13.1. The summed E-state index contributed by atoms with van der Waals surface area (Å²) in [7, 11) is 0. The molecule has 0 bridgehead atoms. The van der Waals surface area contributed by atoms with E-state index in [9.17, 15) is 9.59 Å². The Morgan fingerprint density at radius 2 is 1.58 bits per heavy atom. The average Bonchev–Trinajstić information content (AvgIpc) is 3.09. The SMILES string of the molecule is CC(C)c1cccc(C(C)C)c1NC(=O)N1CCC(n2c(=O)[nH]c3ccccc32)CC1. The number of urea groups is 1. The number of amides is 2. The number of hydrogen-bond acceptors (Lipinski definition) is 2. The number of piperidine rings is 1. The first-order valence-corrected chi connectivity index (χ1v) is 11.2. The van der Waals surface area contributed by atoms with Gasteiger partial charge in [0.2, 0.25) is 0 Å². The Kier molecular flexibility index (Phi) is 5.90. The van der Waals surface area contributed by atoms with Crippen LogP contribution in [-0.4, -0.2) is 33.6 Å². The minimum absolute atomic E-state index is 0.0558. The Labute approximate surface area is 183 Å². The zero-order valence-electron chi connectivity index (χ0n) is 18.8. The van der Waals surface area contributed by atoms with E-state index < -0.39 is 0 Å². The highest BCUT2D eigenvalue weighted by atomic mass is 16.2. The molecule has 0 aliphatic carbocycles. The number of nitrogens with one attached hydrogen (secondary N) is 2. The number of nitrogens with zero attached hydrogens (tertiary/aromatic N) is 2. The van der Waals surface area contributed by atoms with E-state index in [1.54, 1.807) is 0 Å². The second-order valence-corrected chi connectivity index (χ2v) is 9.09. The van der Waals surface area contributed by atoms with Gasteiger partial charge in [0.15, 0.2) is 0 Å². The van der Waals surface area contributed by atoms with Crippen LogP contribution in [0.15, 0.2) is 47.3 Å². The lowest BCUT2D eigenvalue weighted by atomic mass is 9.92. The molecule has 6 nitrogen and oxygen atoms in total. The number of para-hydroxylation sites is 3. The van der Waals surface area contributed by atoms with Gasteiger partial charge in [-0.05, 0) is 47.9 Å². The zero-order chi connectivity index (χ0) is 22.1. The van der Waals surface area contributed by atoms with Gasteiger partial charge in [-0.2, -0.15) is 0 Å². The number of imidazole rings is 1. The van der Waals surface area contributed by atoms with Crippen molar-refractivity contribution in [3.05, 3.63) is 64.1 Å². The molecule has 4 rings (SSSR count). The lowest BCUT2D eigenvalue weighted by Gasteiger charge is -2.33. The summed E-state index contributed by atoms with van der Waals surface area (Å²) in [5.41, 5.74) is 5.01. The summed E-state index contributed by atoms with van der Waals surface area (Å²) in [5, 5.41) is 3.21. The Morgan fingerprint density at radius 1 is 0.968 bits per heavy atom. The monoisotopic (exact) mass is 420 g/mol. The smallest absolute Gasteiger partial charge is 0.324 e. The van der Waals surface area contributed by atoms with E-state index in [4.69, 9.17) is 0 Å². The fourth-order valence-corrected chi connectivity index (χ4v) is 4.65. The number of H-pyrrole nitrogens is 1. The minimum atomic E-state index is -0.0727. The summed E-state index contributed by atoms with van der Waals surface area (Å²) in [5.74, 6) is 0.655. The number of likely N-dealkylation sites (tertiary alicyclic amines) is 1. The molecule has 0 saturated carbocycles. The summed E-state index contributed by atoms with van der Waals surface area (Å²) >= 11 is 0. The van der Waals surface area contributed by atoms with Gasteiger partial charge in [-0.15, -0.1) is 0 Å². The van der Waals surface area contributed by atoms with Crippen molar-refractivity contribution in [3.8, 4) is 0 Å². The average molecular weight is 421 g/mol. The molecule has 2 amide bonds. The van der Waals surface area contributed by atoms with Crippen molar-refractivity contribution in [1.82, 2.24) is 14.5 Å². The molecule has 1 aliphatic rings. The number of benzene rings is 2. The lowest BCUT2D eigenvalue weighted by molar-refractivity contribution is 0.184. The molecule has 0 atom stereocenters. The first-order chi connectivity index (χ1) is 14.9. The fourth-order valence-electron chi connectivity index (χ4n) is 4.65. The van der Waals surface area contributed by atoms with Crippen molar-refractivity contribution < 1.29 is 4.79 Å². The fraction of sp³-hybridized carbons (Fsp3) is 0.440. The van der Waals surface area contributed by atoms with Gasteiger partial charge in [0.05, 0.1) is 11.0 Å². The third-order valence-corrected chi connectivity index (χ3v) is 6.35. The molecule has 0 unspecified atom stereocenters. The summed E-state index contributed by atoms with van der Waals surface area (Å²) < 4.78 is 1.86. The van der Waals surface area contributed by atoms with E-state index in [2.05, 4.69) is 56.2 Å². The standard InChI is InChI=1S/C25H32N4O2/c1-16(2)19-8-7-9-20(17(3)4)23(19)27-24(30)28-14-12-18(13-15-28)29-22-11-6-5-10-21(22)26-25(29)31/h5-11,16-18H,12-15H2,1-4H3,(H,26,31)(H,27,30). The molecule has 0 spiro atoms. The van der Waals surface area contributed by atoms with Crippen LogP contribution >= 0.6 is 0 Å². The van der Waals surface area contributed by atoms with Gasteiger partial charge in [0.1, 0.15) is 0 Å². The largest absolute Gasteiger partial charge is 0.326 e. The van der Waals surface area contributed by atoms with Gasteiger partial charge in [-0.3, -0.25) is 4.57 Å². The number of hydrogen-bond donors (Lipinski definition) is 2. The molecule has 31 heavy (non-hydrogen) atoms. The highest BCUT2D eigenvalue weighted by molar-refractivity contribution is 5.91. The summed E-state index contributed by atoms with van der Waals surface area (Å²) in [6.07, 6.45) is 1.52.